The number of rotatable bonds is 9. The van der Waals surface area contributed by atoms with E-state index in [4.69, 9.17) is 15.8 Å². The predicted octanol–water partition coefficient (Wildman–Crippen LogP) is 0.334. The van der Waals surface area contributed by atoms with Crippen LogP contribution in [-0.4, -0.2) is 46.4 Å². The summed E-state index contributed by atoms with van der Waals surface area (Å²) >= 11 is 0. The maximum Gasteiger partial charge on any atom is 0.451 e. The molecule has 0 aromatic rings. The van der Waals surface area contributed by atoms with Gasteiger partial charge in [-0.05, 0) is 45.0 Å². The number of carboxylic acids is 1. The third-order valence-electron chi connectivity index (χ3n) is 4.11. The highest BCUT2D eigenvalue weighted by atomic mass is 16.4. The highest BCUT2D eigenvalue weighted by molar-refractivity contribution is 6.40. The molecule has 1 fully saturated rings. The van der Waals surface area contributed by atoms with Crippen molar-refractivity contribution in [3.05, 3.63) is 0 Å². The molecule has 7 heteroatoms. The number of carboxylic acid groups (broad SMARTS) is 1. The van der Waals surface area contributed by atoms with Crippen LogP contribution in [0.5, 0.6) is 0 Å². The highest BCUT2D eigenvalue weighted by Crippen LogP contribution is 2.22. The van der Waals surface area contributed by atoms with E-state index < -0.39 is 18.6 Å². The third-order valence-corrected chi connectivity index (χ3v) is 4.11. The summed E-state index contributed by atoms with van der Waals surface area (Å²) in [5.74, 6) is -0.960. The predicted molar refractivity (Wildman–Crippen MR) is 78.3 cm³/mol. The quantitative estimate of drug-likeness (QED) is 0.308. The van der Waals surface area contributed by atoms with E-state index in [0.29, 0.717) is 31.7 Å². The Morgan fingerprint density at radius 3 is 2.60 bits per heavy atom. The monoisotopic (exact) mass is 286 g/mol. The summed E-state index contributed by atoms with van der Waals surface area (Å²) in [5.41, 5.74) is 4.83. The molecule has 6 nitrogen and oxygen atoms in total. The number of hydrogen-bond donors (Lipinski definition) is 5. The molecule has 1 aliphatic heterocycles. The van der Waals surface area contributed by atoms with E-state index in [1.54, 1.807) is 0 Å². The zero-order valence-corrected chi connectivity index (χ0v) is 12.1. The van der Waals surface area contributed by atoms with Crippen LogP contribution in [0.15, 0.2) is 0 Å². The summed E-state index contributed by atoms with van der Waals surface area (Å²) in [4.78, 5) is 11.4. The van der Waals surface area contributed by atoms with Gasteiger partial charge in [-0.15, -0.1) is 0 Å². The molecular weight excluding hydrogens is 259 g/mol. The van der Waals surface area contributed by atoms with Crippen LogP contribution in [0.1, 0.15) is 51.4 Å². The lowest BCUT2D eigenvalue weighted by Gasteiger charge is -2.29. The molecule has 0 amide bonds. The number of carbonyl (C=O) groups is 1. The summed E-state index contributed by atoms with van der Waals surface area (Å²) in [6.07, 6.45) is 6.52. The molecule has 0 bridgehead atoms. The minimum Gasteiger partial charge on any atom is -0.480 e. The Kier molecular flexibility index (Phi) is 7.51. The van der Waals surface area contributed by atoms with Gasteiger partial charge in [0.05, 0.1) is 0 Å². The summed E-state index contributed by atoms with van der Waals surface area (Å²) in [6, 6.07) is 0.380. The number of nitrogens with one attached hydrogen (secondary N) is 1. The molecule has 1 heterocycles. The molecule has 6 N–H and O–H groups in total. The molecule has 0 aliphatic carbocycles. The minimum absolute atomic E-state index is 0.264. The molecule has 1 rings (SSSR count). The minimum atomic E-state index is -1.32. The molecule has 20 heavy (non-hydrogen) atoms. The second-order valence-electron chi connectivity index (χ2n) is 5.87. The van der Waals surface area contributed by atoms with Gasteiger partial charge in [0.15, 0.2) is 0 Å². The van der Waals surface area contributed by atoms with E-state index in [1.165, 1.54) is 12.8 Å². The lowest BCUT2D eigenvalue weighted by molar-refractivity contribution is -0.144. The van der Waals surface area contributed by atoms with Crippen LogP contribution >= 0.6 is 0 Å². The Morgan fingerprint density at radius 1 is 1.30 bits per heavy atom. The van der Waals surface area contributed by atoms with Crippen molar-refractivity contribution in [2.24, 2.45) is 5.73 Å². The molecule has 1 aliphatic rings. The van der Waals surface area contributed by atoms with Gasteiger partial charge < -0.3 is 26.2 Å². The van der Waals surface area contributed by atoms with E-state index in [2.05, 4.69) is 5.32 Å². The van der Waals surface area contributed by atoms with Crippen LogP contribution in [0.2, 0.25) is 6.32 Å². The molecule has 0 aromatic heterocycles. The number of piperidine rings is 1. The SMILES string of the molecule is NC(CCCCB(O)O)(CCC1CCCCN1)C(=O)O. The molecule has 0 spiro atoms. The highest BCUT2D eigenvalue weighted by Gasteiger charge is 2.34. The Morgan fingerprint density at radius 2 is 2.05 bits per heavy atom. The van der Waals surface area contributed by atoms with E-state index in [-0.39, 0.29) is 6.32 Å². The zero-order chi connectivity index (χ0) is 15.0. The molecule has 116 valence electrons. The lowest BCUT2D eigenvalue weighted by atomic mass is 9.80. The third kappa shape index (κ3) is 6.22. The van der Waals surface area contributed by atoms with Gasteiger partial charge in [-0.2, -0.15) is 0 Å². The molecule has 0 radical (unpaired) electrons. The standard InChI is InChI=1S/C13H27BN2O4/c15-13(12(17)18,7-2-3-9-14(19)20)8-6-11-5-1-4-10-16-11/h11,16,19-20H,1-10,15H2,(H,17,18). The van der Waals surface area contributed by atoms with E-state index in [0.717, 1.165) is 19.4 Å². The van der Waals surface area contributed by atoms with Gasteiger partial charge in [0.1, 0.15) is 5.54 Å². The van der Waals surface area contributed by atoms with Gasteiger partial charge >= 0.3 is 13.1 Å². The van der Waals surface area contributed by atoms with Gasteiger partial charge in [0, 0.05) is 6.04 Å². The maximum absolute atomic E-state index is 11.4. The molecule has 2 unspecified atom stereocenters. The molecular formula is C13H27BN2O4. The second kappa shape index (κ2) is 8.62. The zero-order valence-electron chi connectivity index (χ0n) is 12.1. The summed E-state index contributed by atoms with van der Waals surface area (Å²) in [6.45, 7) is 1.00. The average molecular weight is 286 g/mol. The fourth-order valence-corrected chi connectivity index (χ4v) is 2.71. The molecule has 0 saturated carbocycles. The van der Waals surface area contributed by atoms with Crippen molar-refractivity contribution in [1.29, 1.82) is 0 Å². The first kappa shape index (κ1) is 17.4. The fourth-order valence-electron chi connectivity index (χ4n) is 2.71. The summed E-state index contributed by atoms with van der Waals surface area (Å²) < 4.78 is 0. The van der Waals surface area contributed by atoms with Crippen LogP contribution in [-0.2, 0) is 4.79 Å². The summed E-state index contributed by atoms with van der Waals surface area (Å²) in [5, 5.41) is 30.3. The van der Waals surface area contributed by atoms with Crippen LogP contribution in [0.3, 0.4) is 0 Å². The van der Waals surface area contributed by atoms with Gasteiger partial charge in [-0.3, -0.25) is 4.79 Å². The fraction of sp³-hybridized carbons (Fsp3) is 0.923. The Balaban J connectivity index is 2.34. The molecule has 0 aromatic carbocycles. The summed E-state index contributed by atoms with van der Waals surface area (Å²) in [7, 11) is -1.32. The Hall–Kier alpha value is -0.625. The van der Waals surface area contributed by atoms with Crippen molar-refractivity contribution >= 4 is 13.1 Å². The number of aliphatic carboxylic acids is 1. The first-order valence-electron chi connectivity index (χ1n) is 7.56. The Labute approximate surface area is 120 Å². The van der Waals surface area contributed by atoms with Gasteiger partial charge in [-0.1, -0.05) is 19.3 Å². The van der Waals surface area contributed by atoms with Crippen LogP contribution in [0.25, 0.3) is 0 Å². The van der Waals surface area contributed by atoms with Crippen molar-refractivity contribution in [3.63, 3.8) is 0 Å². The first-order valence-corrected chi connectivity index (χ1v) is 7.56. The van der Waals surface area contributed by atoms with Crippen molar-refractivity contribution in [2.45, 2.75) is 69.3 Å². The number of hydrogen-bond acceptors (Lipinski definition) is 5. The smallest absolute Gasteiger partial charge is 0.451 e. The van der Waals surface area contributed by atoms with Gasteiger partial charge in [-0.25, -0.2) is 0 Å². The maximum atomic E-state index is 11.4. The normalized spacial score (nSPS) is 22.2. The van der Waals surface area contributed by atoms with Crippen molar-refractivity contribution in [2.75, 3.05) is 6.54 Å². The van der Waals surface area contributed by atoms with E-state index >= 15 is 0 Å². The van der Waals surface area contributed by atoms with Crippen molar-refractivity contribution in [3.8, 4) is 0 Å². The van der Waals surface area contributed by atoms with Gasteiger partial charge in [0.2, 0.25) is 0 Å². The topological polar surface area (TPSA) is 116 Å². The van der Waals surface area contributed by atoms with Gasteiger partial charge in [0.25, 0.3) is 0 Å². The Bertz CT molecular complexity index is 298. The van der Waals surface area contributed by atoms with Crippen LogP contribution in [0.4, 0.5) is 0 Å². The number of unbranched alkanes of at least 4 members (excludes halogenated alkanes) is 1. The van der Waals surface area contributed by atoms with E-state index in [9.17, 15) is 9.90 Å². The second-order valence-corrected chi connectivity index (χ2v) is 5.87. The van der Waals surface area contributed by atoms with Crippen molar-refractivity contribution < 1.29 is 19.9 Å². The van der Waals surface area contributed by atoms with Crippen molar-refractivity contribution in [1.82, 2.24) is 5.32 Å². The van der Waals surface area contributed by atoms with Crippen LogP contribution < -0.4 is 11.1 Å². The average Bonchev–Trinajstić information content (AvgIpc) is 2.42. The van der Waals surface area contributed by atoms with Crippen LogP contribution in [0, 0.1) is 0 Å². The van der Waals surface area contributed by atoms with E-state index in [1.807, 2.05) is 0 Å². The largest absolute Gasteiger partial charge is 0.480 e. The molecule has 1 saturated heterocycles. The number of nitrogens with two attached hydrogens (primary N) is 1. The first-order chi connectivity index (χ1) is 9.44. The lowest BCUT2D eigenvalue weighted by Crippen LogP contribution is -2.49. The molecule has 2 atom stereocenters.